The van der Waals surface area contributed by atoms with Crippen molar-refractivity contribution in [1.29, 1.82) is 0 Å². The fourth-order valence-corrected chi connectivity index (χ4v) is 3.47. The Bertz CT molecular complexity index is 844. The zero-order valence-corrected chi connectivity index (χ0v) is 15.0. The number of carbonyl (C=O) groups excluding carboxylic acids is 1. The predicted octanol–water partition coefficient (Wildman–Crippen LogP) is 3.13. The monoisotopic (exact) mass is 373 g/mol. The molecule has 0 atom stereocenters. The highest BCUT2D eigenvalue weighted by atomic mass is 35.5. The molecule has 0 aliphatic heterocycles. The first-order valence-electron chi connectivity index (χ1n) is 7.61. The molecule has 25 heavy (non-hydrogen) atoms. The highest BCUT2D eigenvalue weighted by Crippen LogP contribution is 2.23. The molecule has 0 aliphatic carbocycles. The largest absolute Gasteiger partial charge is 0.334 e. The van der Waals surface area contributed by atoms with Crippen molar-refractivity contribution in [2.24, 2.45) is 0 Å². The van der Waals surface area contributed by atoms with Gasteiger partial charge in [-0.2, -0.15) is 0 Å². The summed E-state index contributed by atoms with van der Waals surface area (Å²) in [6.07, 6.45) is 3.58. The highest BCUT2D eigenvalue weighted by molar-refractivity contribution is 7.16. The number of carbonyl (C=O) groups is 1. The molecule has 2 heterocycles. The number of thiophene rings is 1. The fraction of sp³-hybridized carbons (Fsp3) is 0.176. The number of nitrogens with zero attached hydrogens (tertiary/aromatic N) is 5. The molecule has 0 bridgehead atoms. The number of benzene rings is 1. The van der Waals surface area contributed by atoms with Crippen molar-refractivity contribution < 1.29 is 4.79 Å². The van der Waals surface area contributed by atoms with E-state index >= 15 is 0 Å². The maximum atomic E-state index is 12.6. The number of rotatable bonds is 7. The van der Waals surface area contributed by atoms with Gasteiger partial charge in [0.05, 0.1) is 23.0 Å². The van der Waals surface area contributed by atoms with Crippen LogP contribution in [0.25, 0.3) is 5.69 Å². The Kier molecular flexibility index (Phi) is 5.57. The summed E-state index contributed by atoms with van der Waals surface area (Å²) in [5.74, 6) is 0.0413. The van der Waals surface area contributed by atoms with Crippen LogP contribution in [0.3, 0.4) is 0 Å². The molecule has 0 spiro atoms. The lowest BCUT2D eigenvalue weighted by atomic mass is 10.1. The van der Waals surface area contributed by atoms with Gasteiger partial charge in [-0.3, -0.25) is 4.79 Å². The van der Waals surface area contributed by atoms with E-state index in [0.717, 1.165) is 20.5 Å². The van der Waals surface area contributed by atoms with Gasteiger partial charge in [0.1, 0.15) is 6.33 Å². The van der Waals surface area contributed by atoms with Crippen molar-refractivity contribution in [3.63, 3.8) is 0 Å². The standard InChI is InChI=1S/C17H16ClN5OS/c1-2-9-22(11-15-7-8-16(18)25-15)17(24)10-13-3-5-14(6-4-13)23-12-19-20-21-23/h2-8,12H,1,9-11H2. The topological polar surface area (TPSA) is 63.9 Å². The first-order chi connectivity index (χ1) is 12.2. The van der Waals surface area contributed by atoms with E-state index in [1.807, 2.05) is 36.4 Å². The number of tetrazole rings is 1. The molecule has 1 aromatic carbocycles. The van der Waals surface area contributed by atoms with E-state index in [2.05, 4.69) is 22.1 Å². The number of amides is 1. The Hall–Kier alpha value is -2.51. The van der Waals surface area contributed by atoms with Crippen molar-refractivity contribution in [3.05, 3.63) is 70.2 Å². The maximum Gasteiger partial charge on any atom is 0.227 e. The Labute approximate surface area is 154 Å². The minimum atomic E-state index is 0.0413. The number of hydrogen-bond acceptors (Lipinski definition) is 5. The fourth-order valence-electron chi connectivity index (χ4n) is 2.37. The molecule has 0 N–H and O–H groups in total. The van der Waals surface area contributed by atoms with Crippen LogP contribution >= 0.6 is 22.9 Å². The Balaban J connectivity index is 1.67. The predicted molar refractivity (Wildman–Crippen MR) is 97.8 cm³/mol. The maximum absolute atomic E-state index is 12.6. The Morgan fingerprint density at radius 3 is 2.68 bits per heavy atom. The molecular formula is C17H16ClN5OS. The smallest absolute Gasteiger partial charge is 0.227 e. The second-order valence-corrected chi connectivity index (χ2v) is 7.17. The molecular weight excluding hydrogens is 358 g/mol. The van der Waals surface area contributed by atoms with Gasteiger partial charge < -0.3 is 4.90 Å². The van der Waals surface area contributed by atoms with Gasteiger partial charge in [0, 0.05) is 11.4 Å². The SMILES string of the molecule is C=CCN(Cc1ccc(Cl)s1)C(=O)Cc1ccc(-n2cnnn2)cc1. The van der Waals surface area contributed by atoms with Crippen molar-refractivity contribution >= 4 is 28.8 Å². The zero-order chi connectivity index (χ0) is 17.6. The molecule has 0 aliphatic rings. The van der Waals surface area contributed by atoms with E-state index in [1.165, 1.54) is 17.7 Å². The third-order valence-corrected chi connectivity index (χ3v) is 4.80. The van der Waals surface area contributed by atoms with Gasteiger partial charge in [-0.05, 0) is 40.3 Å². The summed E-state index contributed by atoms with van der Waals surface area (Å²) in [6.45, 7) is 4.77. The quantitative estimate of drug-likeness (QED) is 0.597. The van der Waals surface area contributed by atoms with Crippen LogP contribution in [-0.4, -0.2) is 37.6 Å². The van der Waals surface area contributed by atoms with Crippen molar-refractivity contribution in [2.75, 3.05) is 6.54 Å². The van der Waals surface area contributed by atoms with Gasteiger partial charge in [-0.25, -0.2) is 4.68 Å². The highest BCUT2D eigenvalue weighted by Gasteiger charge is 2.14. The summed E-state index contributed by atoms with van der Waals surface area (Å²) >= 11 is 7.45. The summed E-state index contributed by atoms with van der Waals surface area (Å²) in [6, 6.07) is 11.4. The minimum absolute atomic E-state index is 0.0413. The second-order valence-electron chi connectivity index (χ2n) is 5.37. The minimum Gasteiger partial charge on any atom is -0.334 e. The molecule has 3 rings (SSSR count). The van der Waals surface area contributed by atoms with Crippen molar-refractivity contribution in [3.8, 4) is 5.69 Å². The van der Waals surface area contributed by atoms with Crippen LogP contribution in [0, 0.1) is 0 Å². The van der Waals surface area contributed by atoms with E-state index in [0.29, 0.717) is 19.5 Å². The van der Waals surface area contributed by atoms with Gasteiger partial charge >= 0.3 is 0 Å². The van der Waals surface area contributed by atoms with Crippen LogP contribution in [0.15, 0.2) is 55.4 Å². The Morgan fingerprint density at radius 1 is 1.28 bits per heavy atom. The van der Waals surface area contributed by atoms with Gasteiger partial charge in [-0.15, -0.1) is 23.0 Å². The van der Waals surface area contributed by atoms with Crippen LogP contribution in [0.4, 0.5) is 0 Å². The average Bonchev–Trinajstić information content (AvgIpc) is 3.27. The van der Waals surface area contributed by atoms with Crippen LogP contribution in [0.1, 0.15) is 10.4 Å². The summed E-state index contributed by atoms with van der Waals surface area (Å²) in [5.41, 5.74) is 1.78. The lowest BCUT2D eigenvalue weighted by Gasteiger charge is -2.20. The molecule has 0 fully saturated rings. The molecule has 0 unspecified atom stereocenters. The summed E-state index contributed by atoms with van der Waals surface area (Å²) < 4.78 is 2.29. The molecule has 3 aromatic rings. The van der Waals surface area contributed by atoms with E-state index in [9.17, 15) is 4.79 Å². The first kappa shape index (κ1) is 17.3. The van der Waals surface area contributed by atoms with E-state index in [1.54, 1.807) is 15.7 Å². The summed E-state index contributed by atoms with van der Waals surface area (Å²) in [7, 11) is 0. The third kappa shape index (κ3) is 4.52. The molecule has 2 aromatic heterocycles. The molecule has 0 saturated carbocycles. The van der Waals surface area contributed by atoms with Crippen LogP contribution in [0.5, 0.6) is 0 Å². The molecule has 1 amide bonds. The summed E-state index contributed by atoms with van der Waals surface area (Å²) in [5, 5.41) is 11.1. The van der Waals surface area contributed by atoms with Crippen molar-refractivity contribution in [1.82, 2.24) is 25.1 Å². The Morgan fingerprint density at radius 2 is 2.08 bits per heavy atom. The van der Waals surface area contributed by atoms with E-state index in [-0.39, 0.29) is 5.91 Å². The molecule has 128 valence electrons. The molecule has 0 saturated heterocycles. The first-order valence-corrected chi connectivity index (χ1v) is 8.80. The third-order valence-electron chi connectivity index (χ3n) is 3.58. The van der Waals surface area contributed by atoms with Crippen LogP contribution in [-0.2, 0) is 17.8 Å². The lowest BCUT2D eigenvalue weighted by molar-refractivity contribution is -0.130. The number of hydrogen-bond donors (Lipinski definition) is 0. The van der Waals surface area contributed by atoms with Gasteiger partial charge in [0.25, 0.3) is 0 Å². The zero-order valence-electron chi connectivity index (χ0n) is 13.4. The van der Waals surface area contributed by atoms with Gasteiger partial charge in [0.15, 0.2) is 0 Å². The van der Waals surface area contributed by atoms with Crippen molar-refractivity contribution in [2.45, 2.75) is 13.0 Å². The number of aromatic nitrogens is 4. The average molecular weight is 374 g/mol. The molecule has 6 nitrogen and oxygen atoms in total. The van der Waals surface area contributed by atoms with E-state index in [4.69, 9.17) is 11.6 Å². The van der Waals surface area contributed by atoms with Gasteiger partial charge in [-0.1, -0.05) is 29.8 Å². The summed E-state index contributed by atoms with van der Waals surface area (Å²) in [4.78, 5) is 15.5. The van der Waals surface area contributed by atoms with E-state index < -0.39 is 0 Å². The normalized spacial score (nSPS) is 10.6. The molecule has 8 heteroatoms. The van der Waals surface area contributed by atoms with Crippen LogP contribution < -0.4 is 0 Å². The lowest BCUT2D eigenvalue weighted by Crippen LogP contribution is -2.31. The van der Waals surface area contributed by atoms with Crippen LogP contribution in [0.2, 0.25) is 4.34 Å². The second kappa shape index (κ2) is 8.04. The molecule has 0 radical (unpaired) electrons. The number of halogens is 1. The van der Waals surface area contributed by atoms with Gasteiger partial charge in [0.2, 0.25) is 5.91 Å².